The second-order valence-electron chi connectivity index (χ2n) is 7.07. The third kappa shape index (κ3) is 4.65. The molecule has 140 valence electrons. The molecular formula is C20H20ClN3O3. The summed E-state index contributed by atoms with van der Waals surface area (Å²) in [6, 6.07) is 14.5. The molecule has 0 spiro atoms. The van der Waals surface area contributed by atoms with Gasteiger partial charge in [-0.2, -0.15) is 0 Å². The van der Waals surface area contributed by atoms with Gasteiger partial charge in [-0.25, -0.2) is 9.79 Å². The SMILES string of the molecule is CC(C)(C)OC(=O)NC1N=C(c2ccc(Cl)cc2)c2ccccc2NC1=O. The van der Waals surface area contributed by atoms with Crippen molar-refractivity contribution in [3.63, 3.8) is 0 Å². The summed E-state index contributed by atoms with van der Waals surface area (Å²) in [7, 11) is 0. The van der Waals surface area contributed by atoms with Gasteiger partial charge in [0.15, 0.2) is 0 Å². The van der Waals surface area contributed by atoms with Crippen LogP contribution in [0.5, 0.6) is 0 Å². The van der Waals surface area contributed by atoms with Crippen molar-refractivity contribution < 1.29 is 14.3 Å². The van der Waals surface area contributed by atoms with Crippen LogP contribution in [0, 0.1) is 0 Å². The maximum Gasteiger partial charge on any atom is 0.409 e. The lowest BCUT2D eigenvalue weighted by Crippen LogP contribution is -2.44. The molecule has 2 aromatic rings. The lowest BCUT2D eigenvalue weighted by molar-refractivity contribution is -0.118. The average molecular weight is 386 g/mol. The first-order valence-corrected chi connectivity index (χ1v) is 8.84. The molecule has 7 heteroatoms. The highest BCUT2D eigenvalue weighted by Crippen LogP contribution is 2.24. The van der Waals surface area contributed by atoms with Gasteiger partial charge >= 0.3 is 6.09 Å². The van der Waals surface area contributed by atoms with E-state index in [9.17, 15) is 9.59 Å². The number of nitrogens with zero attached hydrogens (tertiary/aromatic N) is 1. The van der Waals surface area contributed by atoms with Crippen LogP contribution >= 0.6 is 11.6 Å². The van der Waals surface area contributed by atoms with Crippen molar-refractivity contribution in [3.05, 3.63) is 64.7 Å². The van der Waals surface area contributed by atoms with Crippen LogP contribution in [0.3, 0.4) is 0 Å². The van der Waals surface area contributed by atoms with Gasteiger partial charge < -0.3 is 10.1 Å². The quantitative estimate of drug-likeness (QED) is 0.820. The standard InChI is InChI=1S/C20H20ClN3O3/c1-20(2,3)27-19(26)24-17-18(25)22-15-7-5-4-6-14(15)16(23-17)12-8-10-13(21)11-9-12/h4-11,17H,1-3H3,(H,22,25)(H,24,26). The molecule has 6 nitrogen and oxygen atoms in total. The van der Waals surface area contributed by atoms with Crippen LogP contribution in [-0.2, 0) is 9.53 Å². The lowest BCUT2D eigenvalue weighted by atomic mass is 10.0. The van der Waals surface area contributed by atoms with E-state index in [-0.39, 0.29) is 0 Å². The molecule has 1 unspecified atom stereocenters. The molecular weight excluding hydrogens is 366 g/mol. The minimum Gasteiger partial charge on any atom is -0.444 e. The highest BCUT2D eigenvalue weighted by atomic mass is 35.5. The maximum absolute atomic E-state index is 12.6. The van der Waals surface area contributed by atoms with Crippen LogP contribution in [0.2, 0.25) is 5.02 Å². The Labute approximate surface area is 162 Å². The number of amides is 2. The molecule has 0 saturated heterocycles. The normalized spacial score (nSPS) is 16.5. The van der Waals surface area contributed by atoms with Crippen molar-refractivity contribution in [1.82, 2.24) is 5.32 Å². The molecule has 2 N–H and O–H groups in total. The highest BCUT2D eigenvalue weighted by Gasteiger charge is 2.28. The second kappa shape index (κ2) is 7.40. The molecule has 0 aromatic heterocycles. The minimum atomic E-state index is -1.13. The number of ether oxygens (including phenoxy) is 1. The predicted octanol–water partition coefficient (Wildman–Crippen LogP) is 3.98. The second-order valence-corrected chi connectivity index (χ2v) is 7.50. The topological polar surface area (TPSA) is 79.8 Å². The Kier molecular flexibility index (Phi) is 5.19. The molecule has 27 heavy (non-hydrogen) atoms. The summed E-state index contributed by atoms with van der Waals surface area (Å²) in [6.45, 7) is 5.24. The molecule has 2 aromatic carbocycles. The van der Waals surface area contributed by atoms with E-state index in [0.717, 1.165) is 11.1 Å². The van der Waals surface area contributed by atoms with E-state index in [1.54, 1.807) is 39.0 Å². The summed E-state index contributed by atoms with van der Waals surface area (Å²) in [6.07, 6.45) is -1.84. The summed E-state index contributed by atoms with van der Waals surface area (Å²) < 4.78 is 5.25. The summed E-state index contributed by atoms with van der Waals surface area (Å²) in [5.41, 5.74) is 2.03. The van der Waals surface area contributed by atoms with Crippen LogP contribution in [0.1, 0.15) is 31.9 Å². The first kappa shape index (κ1) is 18.9. The molecule has 2 amide bonds. The van der Waals surface area contributed by atoms with Crippen molar-refractivity contribution >= 4 is 35.0 Å². The number of halogens is 1. The van der Waals surface area contributed by atoms with E-state index in [2.05, 4.69) is 15.6 Å². The predicted molar refractivity (Wildman–Crippen MR) is 105 cm³/mol. The Hall–Kier alpha value is -2.86. The number of anilines is 1. The number of hydrogen-bond donors (Lipinski definition) is 2. The van der Waals surface area contributed by atoms with Crippen LogP contribution in [0.25, 0.3) is 0 Å². The number of benzodiazepines with no additional fused rings is 1. The van der Waals surface area contributed by atoms with E-state index in [1.807, 2.05) is 30.3 Å². The fraction of sp³-hybridized carbons (Fsp3) is 0.250. The number of fused-ring (bicyclic) bond motifs is 1. The highest BCUT2D eigenvalue weighted by molar-refractivity contribution is 6.30. The van der Waals surface area contributed by atoms with E-state index in [1.165, 1.54) is 0 Å². The third-order valence-corrected chi connectivity index (χ3v) is 3.97. The Morgan fingerprint density at radius 1 is 1.15 bits per heavy atom. The minimum absolute atomic E-state index is 0.447. The molecule has 1 aliphatic rings. The smallest absolute Gasteiger partial charge is 0.409 e. The number of carbonyl (C=O) groups excluding carboxylic acids is 2. The number of carbonyl (C=O) groups is 2. The first-order chi connectivity index (χ1) is 12.7. The number of benzene rings is 2. The summed E-state index contributed by atoms with van der Waals surface area (Å²) in [5, 5.41) is 5.92. The van der Waals surface area contributed by atoms with Crippen LogP contribution in [0.15, 0.2) is 53.5 Å². The van der Waals surface area contributed by atoms with E-state index in [0.29, 0.717) is 16.4 Å². The zero-order chi connectivity index (χ0) is 19.6. The monoisotopic (exact) mass is 385 g/mol. The Morgan fingerprint density at radius 3 is 2.48 bits per heavy atom. The van der Waals surface area contributed by atoms with E-state index in [4.69, 9.17) is 16.3 Å². The molecule has 3 rings (SSSR count). The molecule has 0 bridgehead atoms. The Balaban J connectivity index is 2.00. The van der Waals surface area contributed by atoms with Gasteiger partial charge in [-0.05, 0) is 39.0 Å². The lowest BCUT2D eigenvalue weighted by Gasteiger charge is -2.21. The van der Waals surface area contributed by atoms with Gasteiger partial charge in [0.1, 0.15) is 5.60 Å². The van der Waals surface area contributed by atoms with Crippen molar-refractivity contribution in [2.24, 2.45) is 4.99 Å². The number of alkyl carbamates (subject to hydrolysis) is 1. The molecule has 0 fully saturated rings. The number of rotatable bonds is 2. The van der Waals surface area contributed by atoms with Gasteiger partial charge in [0.2, 0.25) is 6.17 Å². The van der Waals surface area contributed by atoms with Crippen LogP contribution in [0.4, 0.5) is 10.5 Å². The van der Waals surface area contributed by atoms with Crippen LogP contribution < -0.4 is 10.6 Å². The van der Waals surface area contributed by atoms with Gasteiger partial charge in [0.25, 0.3) is 5.91 Å². The number of para-hydroxylation sites is 1. The summed E-state index contributed by atoms with van der Waals surface area (Å²) in [4.78, 5) is 29.3. The average Bonchev–Trinajstić information content (AvgIpc) is 2.71. The van der Waals surface area contributed by atoms with Gasteiger partial charge in [-0.3, -0.25) is 10.1 Å². The summed E-state index contributed by atoms with van der Waals surface area (Å²) >= 11 is 5.99. The van der Waals surface area contributed by atoms with Gasteiger partial charge in [0.05, 0.1) is 11.4 Å². The molecule has 1 atom stereocenters. The van der Waals surface area contributed by atoms with E-state index < -0.39 is 23.8 Å². The Bertz CT molecular complexity index is 901. The molecule has 1 heterocycles. The summed E-state index contributed by atoms with van der Waals surface area (Å²) in [5.74, 6) is -0.447. The zero-order valence-electron chi connectivity index (χ0n) is 15.2. The van der Waals surface area contributed by atoms with Crippen LogP contribution in [-0.4, -0.2) is 29.5 Å². The number of nitrogens with one attached hydrogen (secondary N) is 2. The van der Waals surface area contributed by atoms with Crippen molar-refractivity contribution in [2.45, 2.75) is 32.5 Å². The fourth-order valence-electron chi connectivity index (χ4n) is 2.61. The number of aliphatic imine (C=N–C) groups is 1. The fourth-order valence-corrected chi connectivity index (χ4v) is 2.74. The zero-order valence-corrected chi connectivity index (χ0v) is 16.0. The largest absolute Gasteiger partial charge is 0.444 e. The third-order valence-electron chi connectivity index (χ3n) is 3.72. The molecule has 0 aliphatic carbocycles. The van der Waals surface area contributed by atoms with Crippen molar-refractivity contribution in [3.8, 4) is 0 Å². The van der Waals surface area contributed by atoms with E-state index >= 15 is 0 Å². The first-order valence-electron chi connectivity index (χ1n) is 8.46. The van der Waals surface area contributed by atoms with Gasteiger partial charge in [-0.1, -0.05) is 41.9 Å². The van der Waals surface area contributed by atoms with Gasteiger partial charge in [-0.15, -0.1) is 0 Å². The molecule has 0 saturated carbocycles. The van der Waals surface area contributed by atoms with Gasteiger partial charge in [0, 0.05) is 16.1 Å². The molecule has 0 radical (unpaired) electrons. The maximum atomic E-state index is 12.6. The molecule has 1 aliphatic heterocycles. The Morgan fingerprint density at radius 2 is 1.81 bits per heavy atom. The van der Waals surface area contributed by atoms with Crippen molar-refractivity contribution in [1.29, 1.82) is 0 Å². The number of hydrogen-bond acceptors (Lipinski definition) is 4. The van der Waals surface area contributed by atoms with Crippen molar-refractivity contribution in [2.75, 3.05) is 5.32 Å².